The molecule has 0 saturated heterocycles. The second-order valence-corrected chi connectivity index (χ2v) is 5.83. The van der Waals surface area contributed by atoms with Crippen LogP contribution in [0.15, 0.2) is 35.8 Å². The maximum Gasteiger partial charge on any atom is 0.341 e. The van der Waals surface area contributed by atoms with E-state index in [1.54, 1.807) is 29.7 Å². The summed E-state index contributed by atoms with van der Waals surface area (Å²) in [6, 6.07) is 7.17. The van der Waals surface area contributed by atoms with Gasteiger partial charge in [-0.2, -0.15) is 0 Å². The molecule has 2 rings (SSSR count). The first kappa shape index (κ1) is 17.0. The molecule has 1 aromatic carbocycles. The number of carbonyl (C=O) groups excluding carboxylic acids is 1. The summed E-state index contributed by atoms with van der Waals surface area (Å²) in [6.07, 6.45) is 3.55. The lowest BCUT2D eigenvalue weighted by Crippen LogP contribution is -2.25. The first-order valence-electron chi connectivity index (χ1n) is 7.22. The van der Waals surface area contributed by atoms with E-state index in [0.29, 0.717) is 31.6 Å². The van der Waals surface area contributed by atoms with Gasteiger partial charge >= 0.3 is 5.97 Å². The van der Waals surface area contributed by atoms with Gasteiger partial charge in [-0.3, -0.25) is 4.79 Å². The molecule has 0 fully saturated rings. The van der Waals surface area contributed by atoms with Crippen LogP contribution >= 0.6 is 11.3 Å². The molecule has 2 N–H and O–H groups in total. The number of rotatable bonds is 9. The topological polar surface area (TPSA) is 88.5 Å². The molecule has 0 bridgehead atoms. The summed E-state index contributed by atoms with van der Waals surface area (Å²) in [6.45, 7) is 0.209. The van der Waals surface area contributed by atoms with Crippen LogP contribution in [-0.2, 0) is 22.4 Å². The molecule has 6 nitrogen and oxygen atoms in total. The number of hydrogen-bond donors (Lipinski definition) is 2. The van der Waals surface area contributed by atoms with Crippen LogP contribution in [0, 0.1) is 0 Å². The van der Waals surface area contributed by atoms with Gasteiger partial charge in [0.05, 0.1) is 5.01 Å². The van der Waals surface area contributed by atoms with Gasteiger partial charge in [0.2, 0.25) is 5.91 Å². The zero-order valence-corrected chi connectivity index (χ0v) is 13.3. The van der Waals surface area contributed by atoms with Crippen molar-refractivity contribution in [1.82, 2.24) is 10.3 Å². The van der Waals surface area contributed by atoms with Gasteiger partial charge in [0, 0.05) is 31.0 Å². The van der Waals surface area contributed by atoms with E-state index in [-0.39, 0.29) is 12.5 Å². The highest BCUT2D eigenvalue weighted by Crippen LogP contribution is 2.12. The molecule has 122 valence electrons. The number of thiazole rings is 1. The van der Waals surface area contributed by atoms with Crippen molar-refractivity contribution in [2.24, 2.45) is 0 Å². The van der Waals surface area contributed by atoms with Crippen LogP contribution in [0.25, 0.3) is 0 Å². The predicted octanol–water partition coefficient (Wildman–Crippen LogP) is 1.90. The van der Waals surface area contributed by atoms with Crippen LogP contribution < -0.4 is 10.1 Å². The third kappa shape index (κ3) is 6.48. The smallest absolute Gasteiger partial charge is 0.341 e. The molecule has 0 radical (unpaired) electrons. The Kier molecular flexibility index (Phi) is 6.56. The van der Waals surface area contributed by atoms with Crippen LogP contribution in [-0.4, -0.2) is 35.1 Å². The lowest BCUT2D eigenvalue weighted by Gasteiger charge is -2.06. The molecule has 0 atom stereocenters. The molecular formula is C16H18N2O4S. The van der Waals surface area contributed by atoms with Crippen molar-refractivity contribution in [3.63, 3.8) is 0 Å². The molecule has 0 aliphatic carbocycles. The number of carbonyl (C=O) groups is 2. The van der Waals surface area contributed by atoms with E-state index in [0.717, 1.165) is 10.6 Å². The highest BCUT2D eigenvalue weighted by atomic mass is 32.1. The Morgan fingerprint density at radius 3 is 2.65 bits per heavy atom. The Morgan fingerprint density at radius 1 is 1.22 bits per heavy atom. The van der Waals surface area contributed by atoms with Gasteiger partial charge in [0.1, 0.15) is 5.75 Å². The molecule has 1 heterocycles. The monoisotopic (exact) mass is 334 g/mol. The van der Waals surface area contributed by atoms with E-state index in [1.807, 2.05) is 17.5 Å². The number of ether oxygens (including phenoxy) is 1. The number of aromatic nitrogens is 1. The van der Waals surface area contributed by atoms with Crippen molar-refractivity contribution < 1.29 is 19.4 Å². The Balaban J connectivity index is 1.65. The van der Waals surface area contributed by atoms with Crippen LogP contribution in [0.5, 0.6) is 5.75 Å². The van der Waals surface area contributed by atoms with E-state index in [1.165, 1.54) is 0 Å². The fourth-order valence-corrected chi connectivity index (χ4v) is 2.55. The summed E-state index contributed by atoms with van der Waals surface area (Å²) in [7, 11) is 0. The fourth-order valence-electron chi connectivity index (χ4n) is 1.93. The molecule has 0 saturated carbocycles. The first-order valence-corrected chi connectivity index (χ1v) is 8.10. The summed E-state index contributed by atoms with van der Waals surface area (Å²) in [4.78, 5) is 26.3. The molecule has 7 heteroatoms. The quantitative estimate of drug-likeness (QED) is 0.731. The van der Waals surface area contributed by atoms with Crippen molar-refractivity contribution in [1.29, 1.82) is 0 Å². The first-order chi connectivity index (χ1) is 11.1. The molecule has 2 aromatic rings. The average molecular weight is 334 g/mol. The summed E-state index contributed by atoms with van der Waals surface area (Å²) < 4.78 is 5.06. The Bertz CT molecular complexity index is 626. The molecule has 23 heavy (non-hydrogen) atoms. The SMILES string of the molecule is O=C(O)COc1ccc(CCNC(=O)CCc2nccs2)cc1. The Morgan fingerprint density at radius 2 is 2.00 bits per heavy atom. The molecule has 0 aliphatic heterocycles. The van der Waals surface area contributed by atoms with Gasteiger partial charge in [-0.15, -0.1) is 11.3 Å². The highest BCUT2D eigenvalue weighted by Gasteiger charge is 2.04. The van der Waals surface area contributed by atoms with Crippen molar-refractivity contribution >= 4 is 23.2 Å². The standard InChI is InChI=1S/C16H18N2O4S/c19-14(5-6-15-18-9-10-23-15)17-8-7-12-1-3-13(4-2-12)22-11-16(20)21/h1-4,9-10H,5-8,11H2,(H,17,19)(H,20,21). The molecule has 0 aliphatic rings. The lowest BCUT2D eigenvalue weighted by molar-refractivity contribution is -0.139. The third-order valence-electron chi connectivity index (χ3n) is 3.07. The van der Waals surface area contributed by atoms with Crippen molar-refractivity contribution in [3.05, 3.63) is 46.4 Å². The van der Waals surface area contributed by atoms with E-state index < -0.39 is 5.97 Å². The van der Waals surface area contributed by atoms with Gasteiger partial charge in [-0.05, 0) is 24.1 Å². The van der Waals surface area contributed by atoms with Gasteiger partial charge in [-0.1, -0.05) is 12.1 Å². The number of amides is 1. The summed E-state index contributed by atoms with van der Waals surface area (Å²) in [5.41, 5.74) is 1.05. The van der Waals surface area contributed by atoms with E-state index in [4.69, 9.17) is 9.84 Å². The largest absolute Gasteiger partial charge is 0.482 e. The van der Waals surface area contributed by atoms with Crippen molar-refractivity contribution in [2.75, 3.05) is 13.2 Å². The van der Waals surface area contributed by atoms with E-state index in [9.17, 15) is 9.59 Å². The molecule has 1 amide bonds. The lowest BCUT2D eigenvalue weighted by atomic mass is 10.1. The third-order valence-corrected chi connectivity index (χ3v) is 3.91. The summed E-state index contributed by atoms with van der Waals surface area (Å²) >= 11 is 1.55. The highest BCUT2D eigenvalue weighted by molar-refractivity contribution is 7.09. The van der Waals surface area contributed by atoms with Crippen molar-refractivity contribution in [3.8, 4) is 5.75 Å². The summed E-state index contributed by atoms with van der Waals surface area (Å²) in [5.74, 6) is -0.472. The van der Waals surface area contributed by atoms with Gasteiger partial charge in [0.15, 0.2) is 6.61 Å². The van der Waals surface area contributed by atoms with E-state index >= 15 is 0 Å². The minimum Gasteiger partial charge on any atom is -0.482 e. The predicted molar refractivity (Wildman–Crippen MR) is 86.7 cm³/mol. The zero-order valence-electron chi connectivity index (χ0n) is 12.5. The second kappa shape index (κ2) is 8.89. The number of carboxylic acid groups (broad SMARTS) is 1. The van der Waals surface area contributed by atoms with Crippen LogP contribution in [0.4, 0.5) is 0 Å². The maximum absolute atomic E-state index is 11.7. The van der Waals surface area contributed by atoms with E-state index in [2.05, 4.69) is 10.3 Å². The minimum absolute atomic E-state index is 0.0154. The normalized spacial score (nSPS) is 10.3. The van der Waals surface area contributed by atoms with Crippen LogP contribution in [0.2, 0.25) is 0 Å². The van der Waals surface area contributed by atoms with Gasteiger partial charge in [0.25, 0.3) is 0 Å². The number of hydrogen-bond acceptors (Lipinski definition) is 5. The number of aliphatic carboxylic acids is 1. The van der Waals surface area contributed by atoms with Crippen LogP contribution in [0.1, 0.15) is 17.0 Å². The molecular weight excluding hydrogens is 316 g/mol. The number of aryl methyl sites for hydroxylation is 1. The number of carboxylic acids is 1. The second-order valence-electron chi connectivity index (χ2n) is 4.85. The maximum atomic E-state index is 11.7. The Labute approximate surface area is 138 Å². The molecule has 0 spiro atoms. The summed E-state index contributed by atoms with van der Waals surface area (Å²) in [5, 5.41) is 14.3. The Hall–Kier alpha value is -2.41. The average Bonchev–Trinajstić information content (AvgIpc) is 3.05. The number of nitrogens with zero attached hydrogens (tertiary/aromatic N) is 1. The zero-order chi connectivity index (χ0) is 16.5. The van der Waals surface area contributed by atoms with Gasteiger partial charge in [-0.25, -0.2) is 9.78 Å². The minimum atomic E-state index is -1.01. The molecule has 1 aromatic heterocycles. The van der Waals surface area contributed by atoms with Crippen molar-refractivity contribution in [2.45, 2.75) is 19.3 Å². The van der Waals surface area contributed by atoms with Gasteiger partial charge < -0.3 is 15.2 Å². The fraction of sp³-hybridized carbons (Fsp3) is 0.312. The number of nitrogens with one attached hydrogen (secondary N) is 1. The molecule has 0 unspecified atom stereocenters. The van der Waals surface area contributed by atoms with Crippen LogP contribution in [0.3, 0.4) is 0 Å². The number of benzene rings is 1.